The molecule has 25 heavy (non-hydrogen) atoms. The zero-order valence-corrected chi connectivity index (χ0v) is 14.8. The van der Waals surface area contributed by atoms with Crippen LogP contribution in [0.1, 0.15) is 11.1 Å². The number of non-ortho nitro benzene ring substituents is 1. The fourth-order valence-corrected chi connectivity index (χ4v) is 2.37. The largest absolute Gasteiger partial charge is 0.495 e. The Morgan fingerprint density at radius 1 is 1.20 bits per heavy atom. The molecule has 0 radical (unpaired) electrons. The van der Waals surface area contributed by atoms with Gasteiger partial charge in [-0.2, -0.15) is 0 Å². The van der Waals surface area contributed by atoms with E-state index in [4.69, 9.17) is 16.3 Å². The molecule has 2 rings (SSSR count). The lowest BCUT2D eigenvalue weighted by atomic mass is 10.2. The normalized spacial score (nSPS) is 10.2. The van der Waals surface area contributed by atoms with Gasteiger partial charge in [0.1, 0.15) is 5.75 Å². The van der Waals surface area contributed by atoms with Crippen molar-refractivity contribution in [3.63, 3.8) is 0 Å². The number of methoxy groups -OCH3 is 1. The number of nitrogens with one attached hydrogen (secondary N) is 2. The summed E-state index contributed by atoms with van der Waals surface area (Å²) in [6.45, 7) is 3.57. The first-order valence-corrected chi connectivity index (χ1v) is 7.82. The molecule has 0 bridgehead atoms. The number of rotatable bonds is 6. The van der Waals surface area contributed by atoms with E-state index in [1.807, 2.05) is 6.92 Å². The lowest BCUT2D eigenvalue weighted by molar-refractivity contribution is -0.384. The van der Waals surface area contributed by atoms with Crippen LogP contribution in [0.4, 0.5) is 17.1 Å². The summed E-state index contributed by atoms with van der Waals surface area (Å²) in [5.41, 5.74) is 2.61. The van der Waals surface area contributed by atoms with Crippen LogP contribution in [0.5, 0.6) is 5.75 Å². The summed E-state index contributed by atoms with van der Waals surface area (Å²) in [7, 11) is 1.49. The minimum atomic E-state index is -0.480. The number of nitro groups is 1. The minimum absolute atomic E-state index is 0.0384. The Hall–Kier alpha value is -2.80. The fourth-order valence-electron chi connectivity index (χ4n) is 2.21. The summed E-state index contributed by atoms with van der Waals surface area (Å²) in [6, 6.07) is 7.80. The van der Waals surface area contributed by atoms with Crippen molar-refractivity contribution in [2.75, 3.05) is 24.3 Å². The average Bonchev–Trinajstić information content (AvgIpc) is 2.57. The van der Waals surface area contributed by atoms with Crippen LogP contribution >= 0.6 is 11.6 Å². The van der Waals surface area contributed by atoms with Crippen LogP contribution in [0.15, 0.2) is 30.3 Å². The van der Waals surface area contributed by atoms with Gasteiger partial charge in [-0.25, -0.2) is 0 Å². The molecule has 0 aliphatic carbocycles. The van der Waals surface area contributed by atoms with Crippen LogP contribution in [0.3, 0.4) is 0 Å². The molecular weight excluding hydrogens is 346 g/mol. The minimum Gasteiger partial charge on any atom is -0.495 e. The molecule has 132 valence electrons. The Morgan fingerprint density at radius 2 is 1.92 bits per heavy atom. The number of aryl methyl sites for hydroxylation is 2. The van der Waals surface area contributed by atoms with E-state index in [-0.39, 0.29) is 18.1 Å². The van der Waals surface area contributed by atoms with Crippen molar-refractivity contribution in [1.82, 2.24) is 0 Å². The number of ether oxygens (including phenoxy) is 1. The number of anilines is 2. The summed E-state index contributed by atoms with van der Waals surface area (Å²) < 4.78 is 5.21. The van der Waals surface area contributed by atoms with E-state index < -0.39 is 4.92 Å². The zero-order chi connectivity index (χ0) is 18.6. The van der Waals surface area contributed by atoms with Crippen molar-refractivity contribution in [1.29, 1.82) is 0 Å². The summed E-state index contributed by atoms with van der Waals surface area (Å²) in [5, 5.41) is 17.0. The first kappa shape index (κ1) is 18.5. The molecule has 0 spiro atoms. The second kappa shape index (κ2) is 7.85. The first-order valence-electron chi connectivity index (χ1n) is 7.44. The SMILES string of the molecule is COc1cc(Cl)c(C)cc1NC(=O)CNc1cc([N+](=O)[O-])ccc1C. The molecular formula is C17H18ClN3O4. The number of nitro benzene ring substituents is 1. The van der Waals surface area contributed by atoms with Crippen LogP contribution in [0.2, 0.25) is 5.02 Å². The molecule has 0 saturated heterocycles. The molecule has 0 fully saturated rings. The van der Waals surface area contributed by atoms with E-state index >= 15 is 0 Å². The summed E-state index contributed by atoms with van der Waals surface area (Å²) in [5.74, 6) is 0.140. The molecule has 0 atom stereocenters. The Morgan fingerprint density at radius 3 is 2.56 bits per heavy atom. The standard InChI is InChI=1S/C17H18ClN3O4/c1-10-4-5-12(21(23)24)7-14(10)19-9-17(22)20-15-6-11(2)13(18)8-16(15)25-3/h4-8,19H,9H2,1-3H3,(H,20,22). The first-order chi connectivity index (χ1) is 11.8. The van der Waals surface area contributed by atoms with Gasteiger partial charge in [-0.3, -0.25) is 14.9 Å². The highest BCUT2D eigenvalue weighted by molar-refractivity contribution is 6.31. The molecule has 0 aliphatic heterocycles. The molecule has 2 N–H and O–H groups in total. The zero-order valence-electron chi connectivity index (χ0n) is 14.1. The van der Waals surface area contributed by atoms with E-state index in [9.17, 15) is 14.9 Å². The van der Waals surface area contributed by atoms with Gasteiger partial charge in [-0.1, -0.05) is 17.7 Å². The number of carbonyl (C=O) groups excluding carboxylic acids is 1. The molecule has 2 aromatic rings. The predicted molar refractivity (Wildman–Crippen MR) is 97.7 cm³/mol. The Bertz CT molecular complexity index is 824. The Labute approximate surface area is 150 Å². The topological polar surface area (TPSA) is 93.5 Å². The maximum Gasteiger partial charge on any atom is 0.271 e. The van der Waals surface area contributed by atoms with Crippen molar-refractivity contribution < 1.29 is 14.5 Å². The van der Waals surface area contributed by atoms with Gasteiger partial charge >= 0.3 is 0 Å². The molecule has 2 aromatic carbocycles. The molecule has 0 saturated carbocycles. The van der Waals surface area contributed by atoms with Crippen LogP contribution in [-0.4, -0.2) is 24.5 Å². The molecule has 0 heterocycles. The second-order valence-corrected chi connectivity index (χ2v) is 5.87. The number of amides is 1. The molecule has 8 heteroatoms. The highest BCUT2D eigenvalue weighted by Crippen LogP contribution is 2.31. The van der Waals surface area contributed by atoms with Gasteiger partial charge in [0.2, 0.25) is 5.91 Å². The monoisotopic (exact) mass is 363 g/mol. The third-order valence-electron chi connectivity index (χ3n) is 3.63. The van der Waals surface area contributed by atoms with E-state index in [0.29, 0.717) is 22.1 Å². The fraction of sp³-hybridized carbons (Fsp3) is 0.235. The molecule has 0 aromatic heterocycles. The number of nitrogens with zero attached hydrogens (tertiary/aromatic N) is 1. The second-order valence-electron chi connectivity index (χ2n) is 5.46. The van der Waals surface area contributed by atoms with Crippen LogP contribution in [-0.2, 0) is 4.79 Å². The van der Waals surface area contributed by atoms with E-state index in [1.54, 1.807) is 25.1 Å². The number of carbonyl (C=O) groups is 1. The molecule has 0 aliphatic rings. The number of hydrogen-bond donors (Lipinski definition) is 2. The van der Waals surface area contributed by atoms with E-state index in [1.165, 1.54) is 19.2 Å². The van der Waals surface area contributed by atoms with Crippen molar-refractivity contribution in [3.05, 3.63) is 56.6 Å². The smallest absolute Gasteiger partial charge is 0.271 e. The van der Waals surface area contributed by atoms with Crippen LogP contribution in [0, 0.1) is 24.0 Å². The maximum absolute atomic E-state index is 12.2. The third kappa shape index (κ3) is 4.60. The van der Waals surface area contributed by atoms with Crippen LogP contribution < -0.4 is 15.4 Å². The van der Waals surface area contributed by atoms with Gasteiger partial charge < -0.3 is 15.4 Å². The van der Waals surface area contributed by atoms with Gasteiger partial charge in [0, 0.05) is 28.9 Å². The Balaban J connectivity index is 2.08. The summed E-state index contributed by atoms with van der Waals surface area (Å²) in [4.78, 5) is 22.6. The van der Waals surface area contributed by atoms with Crippen LogP contribution in [0.25, 0.3) is 0 Å². The predicted octanol–water partition coefficient (Wildman–Crippen LogP) is 3.92. The van der Waals surface area contributed by atoms with Crippen molar-refractivity contribution >= 4 is 34.6 Å². The third-order valence-corrected chi connectivity index (χ3v) is 4.03. The van der Waals surface area contributed by atoms with Crippen molar-refractivity contribution in [2.24, 2.45) is 0 Å². The van der Waals surface area contributed by atoms with Gasteiger partial charge in [0.15, 0.2) is 0 Å². The van der Waals surface area contributed by atoms with Gasteiger partial charge in [-0.15, -0.1) is 0 Å². The van der Waals surface area contributed by atoms with Crippen molar-refractivity contribution in [3.8, 4) is 5.75 Å². The maximum atomic E-state index is 12.2. The van der Waals surface area contributed by atoms with Gasteiger partial charge in [0.05, 0.1) is 24.3 Å². The molecule has 7 nitrogen and oxygen atoms in total. The molecule has 1 amide bonds. The highest BCUT2D eigenvalue weighted by Gasteiger charge is 2.12. The molecule has 0 unspecified atom stereocenters. The van der Waals surface area contributed by atoms with Gasteiger partial charge in [-0.05, 0) is 31.0 Å². The van der Waals surface area contributed by atoms with Crippen molar-refractivity contribution in [2.45, 2.75) is 13.8 Å². The van der Waals surface area contributed by atoms with Gasteiger partial charge in [0.25, 0.3) is 5.69 Å². The van der Waals surface area contributed by atoms with E-state index in [2.05, 4.69) is 10.6 Å². The lowest BCUT2D eigenvalue weighted by Gasteiger charge is -2.13. The summed E-state index contributed by atoms with van der Waals surface area (Å²) in [6.07, 6.45) is 0. The lowest BCUT2D eigenvalue weighted by Crippen LogP contribution is -2.22. The van der Waals surface area contributed by atoms with E-state index in [0.717, 1.165) is 11.1 Å². The Kier molecular flexibility index (Phi) is 5.82. The number of benzene rings is 2. The highest BCUT2D eigenvalue weighted by atomic mass is 35.5. The number of hydrogen-bond acceptors (Lipinski definition) is 5. The summed E-state index contributed by atoms with van der Waals surface area (Å²) >= 11 is 6.04. The average molecular weight is 364 g/mol. The quantitative estimate of drug-likeness (QED) is 0.599. The number of halogens is 1.